The summed E-state index contributed by atoms with van der Waals surface area (Å²) < 4.78 is 57.3. The van der Waals surface area contributed by atoms with Crippen LogP contribution in [0.5, 0.6) is 0 Å². The van der Waals surface area contributed by atoms with Crippen molar-refractivity contribution in [2.75, 3.05) is 33.3 Å². The van der Waals surface area contributed by atoms with Crippen molar-refractivity contribution in [3.8, 4) is 5.69 Å². The Bertz CT molecular complexity index is 2690. The van der Waals surface area contributed by atoms with Crippen molar-refractivity contribution in [2.24, 2.45) is 27.4 Å². The minimum absolute atomic E-state index is 0.275. The average Bonchev–Trinajstić information content (AvgIpc) is 3.96. The lowest BCUT2D eigenvalue weighted by Crippen LogP contribution is -2.43. The Morgan fingerprint density at radius 2 is 1.00 bits per heavy atom. The van der Waals surface area contributed by atoms with Gasteiger partial charge in [0.1, 0.15) is 38.9 Å². The third-order valence-electron chi connectivity index (χ3n) is 10.0. The fourth-order valence-electron chi connectivity index (χ4n) is 5.81. The summed E-state index contributed by atoms with van der Waals surface area (Å²) in [5.41, 5.74) is 36.6. The predicted octanol–water partition coefficient (Wildman–Crippen LogP) is 8.87. The maximum absolute atomic E-state index is 13.1. The number of halogens is 11. The number of aliphatic hydroxyl groups excluding tert-OH is 4. The highest BCUT2D eigenvalue weighted by atomic mass is 127. The van der Waals surface area contributed by atoms with Crippen molar-refractivity contribution in [3.05, 3.63) is 156 Å². The Hall–Kier alpha value is -5.04. The number of nitrogens with one attached hydrogen (secondary N) is 2. The molecule has 0 radical (unpaired) electrons. The Labute approximate surface area is 499 Å². The molecule has 5 aromatic rings. The summed E-state index contributed by atoms with van der Waals surface area (Å²) in [4.78, 5) is 34.5. The molecule has 0 fully saturated rings. The molecule has 4 aromatic carbocycles. The predicted molar refractivity (Wildman–Crippen MR) is 306 cm³/mol. The van der Waals surface area contributed by atoms with E-state index in [2.05, 4.69) is 68.3 Å². The van der Waals surface area contributed by atoms with Crippen LogP contribution in [0.15, 0.2) is 113 Å². The van der Waals surface area contributed by atoms with Gasteiger partial charge in [-0.15, -0.1) is 5.10 Å². The van der Waals surface area contributed by atoms with Gasteiger partial charge in [0.25, 0.3) is 11.8 Å². The Balaban J connectivity index is 0.000000521. The van der Waals surface area contributed by atoms with Gasteiger partial charge in [-0.2, -0.15) is 0 Å². The fourth-order valence-corrected chi connectivity index (χ4v) is 6.55. The van der Waals surface area contributed by atoms with Gasteiger partial charge in [0, 0.05) is 31.3 Å². The van der Waals surface area contributed by atoms with Crippen LogP contribution in [0.25, 0.3) is 26.6 Å². The molecule has 0 aliphatic carbocycles. The molecule has 438 valence electrons. The lowest BCUT2D eigenvalue weighted by molar-refractivity contribution is -0.141. The number of hydrogen-bond acceptors (Lipinski definition) is 15. The highest BCUT2D eigenvalue weighted by Crippen LogP contribution is 2.24. The molecule has 1 heterocycles. The number of aliphatic hydroxyl groups is 4. The minimum Gasteiger partial charge on any atom is -0.464 e. The number of carbonyl (C=O) groups excluding carboxylic acids is 3. The van der Waals surface area contributed by atoms with Crippen molar-refractivity contribution in [3.63, 3.8) is 0 Å². The van der Waals surface area contributed by atoms with E-state index < -0.39 is 108 Å². The zero-order valence-electron chi connectivity index (χ0n) is 41.7. The molecule has 0 saturated heterocycles. The van der Waals surface area contributed by atoms with Crippen molar-refractivity contribution in [1.29, 1.82) is 0 Å². The molecule has 0 unspecified atom stereocenters. The molecule has 5 rings (SSSR count). The number of benzene rings is 4. The van der Waals surface area contributed by atoms with Crippen LogP contribution in [0, 0.1) is 3.57 Å². The second-order valence-corrected chi connectivity index (χ2v) is 20.2. The number of carbonyl (C=O) groups is 3. The van der Waals surface area contributed by atoms with Crippen LogP contribution >= 0.6 is 92.2 Å². The van der Waals surface area contributed by atoms with E-state index in [1.165, 1.54) is 41.1 Å². The number of esters is 1. The van der Waals surface area contributed by atoms with Gasteiger partial charge in [-0.05, 0) is 87.1 Å². The molecule has 12 N–H and O–H groups in total. The summed E-state index contributed by atoms with van der Waals surface area (Å²) in [5, 5.41) is 58.2. The van der Waals surface area contributed by atoms with Crippen molar-refractivity contribution >= 4 is 121 Å². The molecule has 33 heteroatoms. The summed E-state index contributed by atoms with van der Waals surface area (Å²) in [7, 11) is 0. The van der Waals surface area contributed by atoms with E-state index in [0.29, 0.717) is 51.6 Å². The molecule has 0 spiro atoms. The molecule has 0 bridgehead atoms. The van der Waals surface area contributed by atoms with Gasteiger partial charge in [0.2, 0.25) is 4.84 Å². The number of amides is 2. The number of nitrogens with two attached hydrogens (primary N) is 3. The zero-order valence-corrected chi connectivity index (χ0v) is 48.4. The largest absolute Gasteiger partial charge is 0.464 e. The first-order valence-corrected chi connectivity index (χ1v) is 26.5. The molecule has 2 amide bonds. The summed E-state index contributed by atoms with van der Waals surface area (Å²) in [5.74, 6) is -2.15. The maximum Gasteiger partial charge on any atom is 0.339 e. The Morgan fingerprint density at radius 3 is 1.29 bits per heavy atom. The van der Waals surface area contributed by atoms with Crippen molar-refractivity contribution < 1.29 is 57.1 Å². The number of aromatic nitrogens is 3. The van der Waals surface area contributed by atoms with Gasteiger partial charge in [-0.1, -0.05) is 158 Å². The number of nitrogens with zero attached hydrogens (tertiary/aromatic N) is 9. The lowest BCUT2D eigenvalue weighted by atomic mass is 10.0. The van der Waals surface area contributed by atoms with Gasteiger partial charge in [0.15, 0.2) is 9.67 Å². The second kappa shape index (κ2) is 40.2. The minimum atomic E-state index is -1.34. The average molecular weight is 1360 g/mol. The molecule has 8 atom stereocenters. The van der Waals surface area contributed by atoms with E-state index in [1.807, 2.05) is 12.1 Å². The highest BCUT2D eigenvalue weighted by Gasteiger charge is 2.27. The van der Waals surface area contributed by atoms with E-state index in [1.54, 1.807) is 61.7 Å². The molecular formula is C47H55Cl6F4IN14O8. The van der Waals surface area contributed by atoms with Crippen LogP contribution < -0.4 is 27.8 Å². The van der Waals surface area contributed by atoms with Crippen LogP contribution in [0.2, 0.25) is 0 Å². The molecule has 80 heavy (non-hydrogen) atoms. The summed E-state index contributed by atoms with van der Waals surface area (Å²) in [6.45, 7) is -1.20. The first-order valence-electron chi connectivity index (χ1n) is 22.8. The molecular weight excluding hydrogens is 1300 g/mol. The standard InChI is InChI=1S/C14H16Cl2FN5O2.C11H11Cl2FN4O2.C9H11FINO.C9H11FN4O.C4H6Cl2O2/c15-13(16)14(24)19-11(5-17)12(23)8-1-3-10(4-2-8)22-7-9(6-18)20-21-22;12-10(13)11(20)16-8(5-14)9(19)6-1-3-7(4-2-6)17-18-15;10-5-8(12)9(13)6-1-3-7(11)4-2-6;10-5-8(11)9(15)6-1-3-7(4-2-6)13-14-12;1-2-8-4(7)3(5)6/h1-4,7,11-13,23H,5-6,18H2,(H,19,24);1-4,8-10,19H,5H2,(H,16,20);1-4,8-9,13H,5,12H2;1-4,8-9,15H,5,11H2;3H,2H2,1H3/t11-,12-;3*8-,9-;/m1111./s1. The monoisotopic (exact) mass is 1360 g/mol. The molecule has 0 aliphatic rings. The number of ether oxygens (including phenoxy) is 1. The van der Waals surface area contributed by atoms with Gasteiger partial charge in [0.05, 0.1) is 60.6 Å². The van der Waals surface area contributed by atoms with Crippen LogP contribution in [-0.2, 0) is 25.7 Å². The van der Waals surface area contributed by atoms with Crippen LogP contribution in [0.4, 0.5) is 28.9 Å². The van der Waals surface area contributed by atoms with Crippen molar-refractivity contribution in [1.82, 2.24) is 25.6 Å². The van der Waals surface area contributed by atoms with E-state index in [0.717, 1.165) is 3.57 Å². The van der Waals surface area contributed by atoms with Crippen LogP contribution in [0.3, 0.4) is 0 Å². The number of azide groups is 2. The van der Waals surface area contributed by atoms with Crippen LogP contribution in [-0.4, -0.2) is 125 Å². The number of rotatable bonds is 22. The quantitative estimate of drug-likeness (QED) is 0.00595. The van der Waals surface area contributed by atoms with Crippen LogP contribution in [0.1, 0.15) is 59.3 Å². The van der Waals surface area contributed by atoms with E-state index >= 15 is 0 Å². The highest BCUT2D eigenvalue weighted by molar-refractivity contribution is 14.1. The first kappa shape index (κ1) is 73.0. The third-order valence-corrected chi connectivity index (χ3v) is 11.9. The summed E-state index contributed by atoms with van der Waals surface area (Å²) >= 11 is 33.8. The third kappa shape index (κ3) is 26.7. The normalized spacial score (nSPS) is 13.6. The van der Waals surface area contributed by atoms with Gasteiger partial charge in [-0.25, -0.2) is 27.0 Å². The van der Waals surface area contributed by atoms with Crippen molar-refractivity contribution in [2.45, 2.75) is 76.6 Å². The number of hydrogen-bond donors (Lipinski definition) is 9. The topological polar surface area (TPSA) is 372 Å². The smallest absolute Gasteiger partial charge is 0.339 e. The van der Waals surface area contributed by atoms with E-state index in [-0.39, 0.29) is 6.54 Å². The number of alkyl halides is 10. The zero-order chi connectivity index (χ0) is 60.5. The molecule has 0 aliphatic heterocycles. The van der Waals surface area contributed by atoms with Gasteiger partial charge >= 0.3 is 5.97 Å². The Morgan fingerprint density at radius 1 is 0.637 bits per heavy atom. The van der Waals surface area contributed by atoms with E-state index in [9.17, 15) is 52.4 Å². The lowest BCUT2D eigenvalue weighted by Gasteiger charge is -2.22. The summed E-state index contributed by atoms with van der Waals surface area (Å²) in [6.07, 6.45) is -2.82. The van der Waals surface area contributed by atoms with Gasteiger partial charge in [-0.3, -0.25) is 9.59 Å². The first-order chi connectivity index (χ1) is 38.0. The SMILES string of the molecule is CCOC(=O)C(Cl)Cl.NCc1cn(-c2ccc([C@@H](O)[C@@H](CF)NC(=O)C(Cl)Cl)cc2)nn1.N[C@H](CF)[C@H](O)c1ccc(I)cc1.[N-]=[N+]=Nc1ccc([C@@H](O)[C@@H](CF)NC(=O)C(Cl)Cl)cc1.[N-]=[N+]=Nc1ccc([C@@H](O)[C@H](N)CF)cc1. The maximum atomic E-state index is 13.1. The Kier molecular flexibility index (Phi) is 36.7. The fraction of sp³-hybridized carbons (Fsp3) is 0.383. The van der Waals surface area contributed by atoms with E-state index in [4.69, 9.17) is 97.9 Å². The molecule has 22 nitrogen and oxygen atoms in total. The van der Waals surface area contributed by atoms with Gasteiger partial charge < -0.3 is 53.0 Å². The molecule has 1 aromatic heterocycles. The second-order valence-electron chi connectivity index (χ2n) is 15.7. The summed E-state index contributed by atoms with van der Waals surface area (Å²) in [6, 6.07) is 21.6. The molecule has 0 saturated carbocycles.